The highest BCUT2D eigenvalue weighted by Crippen LogP contribution is 2.32. The molecule has 1 unspecified atom stereocenters. The predicted molar refractivity (Wildman–Crippen MR) is 140 cm³/mol. The molecule has 1 saturated heterocycles. The first-order valence-corrected chi connectivity index (χ1v) is 12.3. The maximum absolute atomic E-state index is 6.58. The Balaban J connectivity index is 0.00000233. The summed E-state index contributed by atoms with van der Waals surface area (Å²) in [5, 5.41) is 3.39. The summed E-state index contributed by atoms with van der Waals surface area (Å²) >= 11 is 1.67. The van der Waals surface area contributed by atoms with E-state index in [1.54, 1.807) is 11.8 Å². The molecular formula is C25H43N5S. The van der Waals surface area contributed by atoms with Crippen LogP contribution in [0.1, 0.15) is 52.6 Å². The average molecular weight is 446 g/mol. The Morgan fingerprint density at radius 3 is 2.39 bits per heavy atom. The van der Waals surface area contributed by atoms with Crippen LogP contribution < -0.4 is 21.7 Å². The molecule has 0 spiro atoms. The summed E-state index contributed by atoms with van der Waals surface area (Å²) in [6, 6.07) is 8.41. The van der Waals surface area contributed by atoms with E-state index in [1.807, 2.05) is 20.8 Å². The number of hydrogen-bond donors (Lipinski definition) is 3. The molecule has 0 radical (unpaired) electrons. The largest absolute Gasteiger partial charge is 0.369 e. The number of benzene rings is 1. The molecule has 5 nitrogen and oxygen atoms in total. The number of nitrogens with one attached hydrogen (secondary N) is 1. The average Bonchev–Trinajstić information content (AvgIpc) is 2.82. The molecule has 6 heteroatoms. The summed E-state index contributed by atoms with van der Waals surface area (Å²) in [5.74, 6) is 0. The number of rotatable bonds is 10. The molecule has 1 atom stereocenters. The standard InChI is InChI=1S/C23H37N5S.C2H6/c1-5-13-28(17-24)23(19(4)29-18(3)6-2)16-22(25)20-7-9-21(10-8-20)27-14-11-26-12-15-27;1-2/h6-10,16,22,26H,4-5,11-15,17,24-25H2,1-3H3;1-2H3/b18-6-,23-16+;. The zero-order valence-corrected chi connectivity index (χ0v) is 21.0. The monoisotopic (exact) mass is 445 g/mol. The Morgan fingerprint density at radius 1 is 1.26 bits per heavy atom. The second-order valence-electron chi connectivity index (χ2n) is 7.28. The fourth-order valence-electron chi connectivity index (χ4n) is 3.36. The molecule has 0 amide bonds. The molecule has 1 fully saturated rings. The van der Waals surface area contributed by atoms with Crippen molar-refractivity contribution in [3.63, 3.8) is 0 Å². The predicted octanol–water partition coefficient (Wildman–Crippen LogP) is 4.80. The number of nitrogens with zero attached hydrogens (tertiary/aromatic N) is 2. The van der Waals surface area contributed by atoms with Gasteiger partial charge in [-0.1, -0.05) is 57.3 Å². The summed E-state index contributed by atoms with van der Waals surface area (Å²) in [4.78, 5) is 6.76. The van der Waals surface area contributed by atoms with E-state index in [0.717, 1.165) is 55.3 Å². The van der Waals surface area contributed by atoms with Crippen LogP contribution >= 0.6 is 11.8 Å². The quantitative estimate of drug-likeness (QED) is 0.355. The van der Waals surface area contributed by atoms with Crippen molar-refractivity contribution < 1.29 is 0 Å². The van der Waals surface area contributed by atoms with Crippen molar-refractivity contribution in [1.29, 1.82) is 0 Å². The van der Waals surface area contributed by atoms with E-state index in [1.165, 1.54) is 10.6 Å². The number of hydrogen-bond acceptors (Lipinski definition) is 6. The van der Waals surface area contributed by atoms with Crippen LogP contribution in [0.2, 0.25) is 0 Å². The van der Waals surface area contributed by atoms with Crippen molar-refractivity contribution >= 4 is 17.4 Å². The Kier molecular flexibility index (Phi) is 13.3. The third-order valence-electron chi connectivity index (χ3n) is 5.13. The van der Waals surface area contributed by atoms with Crippen LogP contribution in [-0.2, 0) is 0 Å². The van der Waals surface area contributed by atoms with Crippen LogP contribution in [0.5, 0.6) is 0 Å². The second kappa shape index (κ2) is 15.1. The lowest BCUT2D eigenvalue weighted by Crippen LogP contribution is -2.43. The molecule has 0 bridgehead atoms. The van der Waals surface area contributed by atoms with E-state index in [2.05, 4.69) is 72.0 Å². The number of piperazine rings is 1. The van der Waals surface area contributed by atoms with Gasteiger partial charge in [-0.3, -0.25) is 0 Å². The summed E-state index contributed by atoms with van der Waals surface area (Å²) in [5.41, 5.74) is 16.0. The van der Waals surface area contributed by atoms with Gasteiger partial charge >= 0.3 is 0 Å². The van der Waals surface area contributed by atoms with Crippen molar-refractivity contribution in [2.75, 3.05) is 44.3 Å². The lowest BCUT2D eigenvalue weighted by molar-refractivity contribution is 0.362. The van der Waals surface area contributed by atoms with Crippen LogP contribution in [0.4, 0.5) is 5.69 Å². The molecule has 1 heterocycles. The highest BCUT2D eigenvalue weighted by molar-refractivity contribution is 8.06. The van der Waals surface area contributed by atoms with Gasteiger partial charge in [0, 0.05) is 49.0 Å². The number of nitrogens with two attached hydrogens (primary N) is 2. The fourth-order valence-corrected chi connectivity index (χ4v) is 4.17. The van der Waals surface area contributed by atoms with Gasteiger partial charge in [0.05, 0.1) is 12.7 Å². The third-order valence-corrected chi connectivity index (χ3v) is 6.14. The zero-order valence-electron chi connectivity index (χ0n) is 20.2. The maximum Gasteiger partial charge on any atom is 0.0657 e. The van der Waals surface area contributed by atoms with E-state index in [-0.39, 0.29) is 6.04 Å². The third kappa shape index (κ3) is 8.73. The minimum absolute atomic E-state index is 0.212. The van der Waals surface area contributed by atoms with Gasteiger partial charge in [0.2, 0.25) is 0 Å². The van der Waals surface area contributed by atoms with Crippen LogP contribution in [0, 0.1) is 0 Å². The van der Waals surface area contributed by atoms with E-state index >= 15 is 0 Å². The fraction of sp³-hybridized carbons (Fsp3) is 0.520. The number of thioether (sulfide) groups is 1. The summed E-state index contributed by atoms with van der Waals surface area (Å²) in [6.07, 6.45) is 5.21. The summed E-state index contributed by atoms with van der Waals surface area (Å²) < 4.78 is 0. The lowest BCUT2D eigenvalue weighted by Gasteiger charge is -2.30. The first kappa shape index (κ1) is 27.3. The smallest absolute Gasteiger partial charge is 0.0657 e. The first-order chi connectivity index (χ1) is 15.0. The van der Waals surface area contributed by atoms with E-state index in [4.69, 9.17) is 11.5 Å². The molecule has 1 aromatic carbocycles. The Hall–Kier alpha value is -1.73. The maximum atomic E-state index is 6.58. The van der Waals surface area contributed by atoms with Gasteiger partial charge in [0.15, 0.2) is 0 Å². The molecule has 0 aromatic heterocycles. The summed E-state index contributed by atoms with van der Waals surface area (Å²) in [6.45, 7) is 20.1. The Bertz CT molecular complexity index is 705. The highest BCUT2D eigenvalue weighted by Gasteiger charge is 2.16. The van der Waals surface area contributed by atoms with Crippen LogP contribution in [0.25, 0.3) is 0 Å². The first-order valence-electron chi connectivity index (χ1n) is 11.5. The number of allylic oxidation sites excluding steroid dienone is 2. The molecule has 174 valence electrons. The molecule has 0 saturated carbocycles. The van der Waals surface area contributed by atoms with E-state index < -0.39 is 0 Å². The van der Waals surface area contributed by atoms with Crippen molar-refractivity contribution in [3.05, 3.63) is 64.1 Å². The number of anilines is 1. The SMILES string of the molecule is C=C(S/C(C)=C\C)/C(=C\C(N)c1ccc(N2CCNCC2)cc1)N(CN)CCC.CC. The lowest BCUT2D eigenvalue weighted by atomic mass is 10.0. The van der Waals surface area contributed by atoms with Gasteiger partial charge in [-0.25, -0.2) is 0 Å². The summed E-state index contributed by atoms with van der Waals surface area (Å²) in [7, 11) is 0. The molecule has 2 rings (SSSR count). The minimum Gasteiger partial charge on any atom is -0.369 e. The Labute approximate surface area is 194 Å². The van der Waals surface area contributed by atoms with Gasteiger partial charge in [-0.2, -0.15) is 0 Å². The molecule has 1 aromatic rings. The van der Waals surface area contributed by atoms with Crippen LogP contribution in [-0.4, -0.2) is 44.3 Å². The van der Waals surface area contributed by atoms with Crippen molar-refractivity contribution in [2.45, 2.75) is 47.1 Å². The second-order valence-corrected chi connectivity index (χ2v) is 8.62. The zero-order chi connectivity index (χ0) is 23.2. The van der Waals surface area contributed by atoms with Gasteiger partial charge in [0.1, 0.15) is 0 Å². The molecular weight excluding hydrogens is 402 g/mol. The van der Waals surface area contributed by atoms with Gasteiger partial charge in [-0.15, -0.1) is 0 Å². The minimum atomic E-state index is -0.212. The Morgan fingerprint density at radius 2 is 1.87 bits per heavy atom. The molecule has 1 aliphatic heterocycles. The molecule has 0 aliphatic carbocycles. The van der Waals surface area contributed by atoms with Gasteiger partial charge in [0.25, 0.3) is 0 Å². The van der Waals surface area contributed by atoms with E-state index in [9.17, 15) is 0 Å². The molecule has 31 heavy (non-hydrogen) atoms. The van der Waals surface area contributed by atoms with Crippen LogP contribution in [0.3, 0.4) is 0 Å². The van der Waals surface area contributed by atoms with Crippen molar-refractivity contribution in [1.82, 2.24) is 10.2 Å². The topological polar surface area (TPSA) is 70.5 Å². The van der Waals surface area contributed by atoms with Crippen LogP contribution in [0.15, 0.2) is 58.5 Å². The molecule has 1 aliphatic rings. The van der Waals surface area contributed by atoms with Gasteiger partial charge < -0.3 is 26.6 Å². The normalized spacial score (nSPS) is 15.8. The van der Waals surface area contributed by atoms with Gasteiger partial charge in [-0.05, 0) is 48.9 Å². The molecule has 5 N–H and O–H groups in total. The highest BCUT2D eigenvalue weighted by atomic mass is 32.2. The van der Waals surface area contributed by atoms with E-state index in [0.29, 0.717) is 6.67 Å². The van der Waals surface area contributed by atoms with Crippen molar-refractivity contribution in [3.8, 4) is 0 Å². The van der Waals surface area contributed by atoms with Crippen molar-refractivity contribution in [2.24, 2.45) is 11.5 Å².